The summed E-state index contributed by atoms with van der Waals surface area (Å²) in [5.74, 6) is -0.574. The summed E-state index contributed by atoms with van der Waals surface area (Å²) < 4.78 is 0. The van der Waals surface area contributed by atoms with E-state index in [1.54, 1.807) is 0 Å². The first-order valence-electron chi connectivity index (χ1n) is 2.47. The molecule has 0 aromatic heterocycles. The molecule has 0 saturated carbocycles. The number of hydrogen-bond acceptors (Lipinski definition) is 4. The molecule has 0 amide bonds. The predicted octanol–water partition coefficient (Wildman–Crippen LogP) is 0.318. The Morgan fingerprint density at radius 2 is 2.50 bits per heavy atom. The molecule has 6 heteroatoms. The molecule has 0 atom stereocenters. The van der Waals surface area contributed by atoms with Crippen LogP contribution in [0.2, 0.25) is 0 Å². The molecule has 0 heterocycles. The summed E-state index contributed by atoms with van der Waals surface area (Å²) in [7, 11) is 1.22. The van der Waals surface area contributed by atoms with Gasteiger partial charge in [0.1, 0.15) is 7.11 Å². The molecule has 0 fully saturated rings. The van der Waals surface area contributed by atoms with Crippen LogP contribution in [0.3, 0.4) is 0 Å². The van der Waals surface area contributed by atoms with E-state index in [9.17, 15) is 10.0 Å². The van der Waals surface area contributed by atoms with E-state index in [0.717, 1.165) is 0 Å². The maximum atomic E-state index is 10.4. The van der Waals surface area contributed by atoms with Gasteiger partial charge in [0.05, 0.1) is 5.88 Å². The van der Waals surface area contributed by atoms with Gasteiger partial charge in [0.15, 0.2) is 5.28 Å². The summed E-state index contributed by atoms with van der Waals surface area (Å²) in [5.41, 5.74) is 0. The van der Waals surface area contributed by atoms with Crippen molar-refractivity contribution in [1.29, 1.82) is 0 Å². The zero-order chi connectivity index (χ0) is 7.98. The molecule has 0 saturated heterocycles. The quantitative estimate of drug-likeness (QED) is 0.262. The number of rotatable bonds is 4. The van der Waals surface area contributed by atoms with Gasteiger partial charge in [0.2, 0.25) is 12.3 Å². The summed E-state index contributed by atoms with van der Waals surface area (Å²) in [6, 6.07) is 0. The van der Waals surface area contributed by atoms with Crippen molar-refractivity contribution < 1.29 is 14.5 Å². The Balaban J connectivity index is 3.67. The van der Waals surface area contributed by atoms with E-state index in [0.29, 0.717) is 0 Å². The third-order valence-electron chi connectivity index (χ3n) is 0.633. The number of carbonyl (C=O) groups is 1. The molecule has 0 aliphatic carbocycles. The van der Waals surface area contributed by atoms with Crippen molar-refractivity contribution in [2.45, 2.75) is 0 Å². The largest absolute Gasteiger partial charge is 0.597 e. The molecule has 0 aliphatic rings. The normalized spacial score (nSPS) is 11.2. The Hall–Kier alpha value is -0.840. The Morgan fingerprint density at radius 1 is 1.90 bits per heavy atom. The van der Waals surface area contributed by atoms with Crippen LogP contribution in [0, 0.1) is 5.21 Å². The Kier molecular flexibility index (Phi) is 4.57. The third kappa shape index (κ3) is 4.08. The number of alkyl halides is 1. The van der Waals surface area contributed by atoms with Gasteiger partial charge in [0.25, 0.3) is 0 Å². The zero-order valence-corrected chi connectivity index (χ0v) is 6.17. The Morgan fingerprint density at radius 3 is 2.90 bits per heavy atom. The average molecular weight is 167 g/mol. The van der Waals surface area contributed by atoms with Gasteiger partial charge in [0, 0.05) is 0 Å². The number of ketones is 1. The van der Waals surface area contributed by atoms with Crippen molar-refractivity contribution in [1.82, 2.24) is 0 Å². The summed E-state index contributed by atoms with van der Waals surface area (Å²) >= 11 is 5.10. The fourth-order valence-electron chi connectivity index (χ4n) is 0.313. The molecule has 0 radical (unpaired) electrons. The van der Waals surface area contributed by atoms with Crippen LogP contribution in [0.25, 0.3) is 0 Å². The molecule has 0 rings (SSSR count). The second-order valence-corrected chi connectivity index (χ2v) is 1.71. The van der Waals surface area contributed by atoms with E-state index in [2.05, 4.69) is 10.1 Å². The van der Waals surface area contributed by atoms with Crippen molar-refractivity contribution in [2.24, 2.45) is 5.28 Å². The standard InChI is InChI=1S/C4H7ClN2O3/c1-10-6-7(9)3-4(8)2-5/h2-3H2,1H3/b7-6-. The molecule has 10 heavy (non-hydrogen) atoms. The minimum atomic E-state index is -0.391. The maximum Gasteiger partial charge on any atom is 0.243 e. The van der Waals surface area contributed by atoms with E-state index >= 15 is 0 Å². The number of nitrogens with zero attached hydrogens (tertiary/aromatic N) is 2. The van der Waals surface area contributed by atoms with Crippen LogP contribution in [0.4, 0.5) is 0 Å². The van der Waals surface area contributed by atoms with Crippen molar-refractivity contribution in [3.05, 3.63) is 5.21 Å². The van der Waals surface area contributed by atoms with Gasteiger partial charge in [-0.15, -0.1) is 11.6 Å². The molecule has 0 aromatic rings. The number of hydrogen-bond donors (Lipinski definition) is 0. The van der Waals surface area contributed by atoms with Gasteiger partial charge < -0.3 is 10.0 Å². The Bertz CT molecular complexity index is 147. The van der Waals surface area contributed by atoms with Gasteiger partial charge >= 0.3 is 0 Å². The Labute approximate surface area is 62.8 Å². The SMILES string of the molecule is CO/N=[N+](\[O-])CC(=O)CCl. The lowest BCUT2D eigenvalue weighted by Gasteiger charge is -1.94. The second kappa shape index (κ2) is 4.99. The monoisotopic (exact) mass is 166 g/mol. The van der Waals surface area contributed by atoms with Crippen molar-refractivity contribution in [2.75, 3.05) is 19.5 Å². The number of hydroxylamine groups is 1. The third-order valence-corrected chi connectivity index (χ3v) is 0.931. The van der Waals surface area contributed by atoms with Crippen LogP contribution in [-0.2, 0) is 9.63 Å². The van der Waals surface area contributed by atoms with Gasteiger partial charge in [-0.1, -0.05) is 0 Å². The highest BCUT2D eigenvalue weighted by Crippen LogP contribution is 1.82. The summed E-state index contributed by atoms with van der Waals surface area (Å²) in [6.07, 6.45) is 0. The molecule has 5 nitrogen and oxygen atoms in total. The van der Waals surface area contributed by atoms with Crippen LogP contribution < -0.4 is 0 Å². The first kappa shape index (κ1) is 9.16. The number of carbonyl (C=O) groups excluding carboxylic acids is 1. The van der Waals surface area contributed by atoms with E-state index in [-0.39, 0.29) is 17.3 Å². The lowest BCUT2D eigenvalue weighted by atomic mass is 10.5. The minimum Gasteiger partial charge on any atom is -0.597 e. The summed E-state index contributed by atoms with van der Waals surface area (Å²) in [4.78, 5) is 14.6. The lowest BCUT2D eigenvalue weighted by Crippen LogP contribution is -2.15. The van der Waals surface area contributed by atoms with Crippen LogP contribution in [0.1, 0.15) is 0 Å². The minimum absolute atomic E-state index is 0.130. The highest BCUT2D eigenvalue weighted by molar-refractivity contribution is 6.27. The van der Waals surface area contributed by atoms with Gasteiger partial charge in [-0.05, 0) is 4.86 Å². The van der Waals surface area contributed by atoms with Crippen molar-refractivity contribution in [3.63, 3.8) is 0 Å². The fraction of sp³-hybridized carbons (Fsp3) is 0.750. The zero-order valence-electron chi connectivity index (χ0n) is 5.41. The molecule has 0 unspecified atom stereocenters. The smallest absolute Gasteiger partial charge is 0.243 e. The highest BCUT2D eigenvalue weighted by Gasteiger charge is 2.05. The maximum absolute atomic E-state index is 10.4. The second-order valence-electron chi connectivity index (χ2n) is 1.45. The van der Waals surface area contributed by atoms with E-state index in [1.807, 2.05) is 0 Å². The molecule has 0 N–H and O–H groups in total. The van der Waals surface area contributed by atoms with Gasteiger partial charge in [-0.25, -0.2) is 0 Å². The highest BCUT2D eigenvalue weighted by atomic mass is 35.5. The first-order valence-corrected chi connectivity index (χ1v) is 3.00. The fourth-order valence-corrected chi connectivity index (χ4v) is 0.398. The molecular weight excluding hydrogens is 160 g/mol. The van der Waals surface area contributed by atoms with E-state index in [1.165, 1.54) is 7.11 Å². The van der Waals surface area contributed by atoms with E-state index < -0.39 is 5.78 Å². The van der Waals surface area contributed by atoms with Crippen molar-refractivity contribution in [3.8, 4) is 0 Å². The molecular formula is C4H7ClN2O3. The van der Waals surface area contributed by atoms with Crippen molar-refractivity contribution >= 4 is 17.4 Å². The van der Waals surface area contributed by atoms with Crippen LogP contribution in [-0.4, -0.2) is 30.2 Å². The van der Waals surface area contributed by atoms with Crippen LogP contribution in [0.5, 0.6) is 0 Å². The number of Topliss-reactive ketones (excluding diaryl/α,β-unsaturated/α-hetero) is 1. The average Bonchev–Trinajstić information content (AvgIpc) is 1.88. The van der Waals surface area contributed by atoms with Crippen LogP contribution in [0.15, 0.2) is 5.28 Å². The molecule has 0 bridgehead atoms. The number of halogens is 1. The molecule has 0 spiro atoms. The predicted molar refractivity (Wildman–Crippen MR) is 33.7 cm³/mol. The van der Waals surface area contributed by atoms with Gasteiger partial charge in [-0.3, -0.25) is 4.79 Å². The molecule has 0 aromatic carbocycles. The summed E-state index contributed by atoms with van der Waals surface area (Å²) in [5, 5.41) is 13.3. The molecule has 58 valence electrons. The topological polar surface area (TPSA) is 64.7 Å². The molecule has 0 aliphatic heterocycles. The first-order chi connectivity index (χ1) is 4.70. The summed E-state index contributed by atoms with van der Waals surface area (Å²) in [6.45, 7) is -0.364. The van der Waals surface area contributed by atoms with Crippen LogP contribution >= 0.6 is 11.6 Å². The lowest BCUT2D eigenvalue weighted by molar-refractivity contribution is -0.546. The van der Waals surface area contributed by atoms with E-state index in [4.69, 9.17) is 11.6 Å². The van der Waals surface area contributed by atoms with Gasteiger partial charge in [-0.2, -0.15) is 0 Å².